The average Bonchev–Trinajstić information content (AvgIpc) is 2.15. The van der Waals surface area contributed by atoms with Crippen LogP contribution in [0, 0.1) is 0 Å². The maximum atomic E-state index is 10.7. The second-order valence-corrected chi connectivity index (χ2v) is 4.73. The van der Waals surface area contributed by atoms with Crippen molar-refractivity contribution in [1.82, 2.24) is 0 Å². The van der Waals surface area contributed by atoms with E-state index in [9.17, 15) is 4.79 Å². The summed E-state index contributed by atoms with van der Waals surface area (Å²) in [7, 11) is 0. The zero-order chi connectivity index (χ0) is 9.52. The predicted molar refractivity (Wildman–Crippen MR) is 45.5 cm³/mol. The normalized spacial score (nSPS) is 24.7. The van der Waals surface area contributed by atoms with Gasteiger partial charge in [-0.25, -0.2) is 4.79 Å². The summed E-state index contributed by atoms with van der Waals surface area (Å²) < 4.78 is 2.86. The molecule has 1 rings (SSSR count). The molecule has 68 valence electrons. The van der Waals surface area contributed by atoms with E-state index in [0.29, 0.717) is 0 Å². The maximum Gasteiger partial charge on any atom is 0.374 e. The van der Waals surface area contributed by atoms with Crippen molar-refractivity contribution >= 4 is 40.8 Å². The number of cyclic esters (lactones) is 1. The number of carbonyl (C=O) groups excluding carboxylic acids is 1. The van der Waals surface area contributed by atoms with Crippen molar-refractivity contribution < 1.29 is 14.6 Å². The highest BCUT2D eigenvalue weighted by molar-refractivity contribution is 6.68. The van der Waals surface area contributed by atoms with Gasteiger partial charge in [-0.15, -0.1) is 0 Å². The highest BCUT2D eigenvalue weighted by atomic mass is 35.6. The number of aliphatic hydroxyl groups excluding tert-OH is 1. The molecule has 6 heteroatoms. The summed E-state index contributed by atoms with van der Waals surface area (Å²) in [6, 6.07) is 0. The van der Waals surface area contributed by atoms with Gasteiger partial charge < -0.3 is 9.84 Å². The Bertz CT molecular complexity index is 253. The van der Waals surface area contributed by atoms with Gasteiger partial charge in [0.25, 0.3) is 0 Å². The Hall–Kier alpha value is -0.120. The Balaban J connectivity index is 2.95. The molecule has 0 aromatic carbocycles. The summed E-state index contributed by atoms with van der Waals surface area (Å²) in [6.07, 6.45) is -0.991. The number of ether oxygens (including phenoxy) is 1. The maximum absolute atomic E-state index is 10.7. The minimum absolute atomic E-state index is 0.236. The number of hydrogen-bond donors (Lipinski definition) is 1. The first-order chi connectivity index (χ1) is 5.34. The summed E-state index contributed by atoms with van der Waals surface area (Å²) in [5.74, 6) is -1.34. The molecular formula is C6H5Cl3O3. The molecule has 0 aromatic rings. The molecule has 12 heavy (non-hydrogen) atoms. The molecule has 3 nitrogen and oxygen atoms in total. The van der Waals surface area contributed by atoms with E-state index in [4.69, 9.17) is 39.9 Å². The fourth-order valence-corrected chi connectivity index (χ4v) is 1.47. The van der Waals surface area contributed by atoms with Crippen LogP contribution in [0.15, 0.2) is 11.3 Å². The van der Waals surface area contributed by atoms with E-state index in [-0.39, 0.29) is 5.57 Å². The Morgan fingerprint density at radius 1 is 1.50 bits per heavy atom. The van der Waals surface area contributed by atoms with Crippen molar-refractivity contribution in [3.05, 3.63) is 11.3 Å². The number of hydrogen-bond acceptors (Lipinski definition) is 3. The van der Waals surface area contributed by atoms with E-state index in [0.717, 1.165) is 0 Å². The molecule has 0 bridgehead atoms. The van der Waals surface area contributed by atoms with Gasteiger partial charge in [-0.05, 0) is 6.92 Å². The molecule has 0 fully saturated rings. The van der Waals surface area contributed by atoms with E-state index >= 15 is 0 Å². The number of alkyl halides is 3. The number of carbonyl (C=O) groups is 1. The van der Waals surface area contributed by atoms with E-state index in [1.54, 1.807) is 0 Å². The molecule has 1 atom stereocenters. The molecule has 1 aliphatic rings. The first-order valence-electron chi connectivity index (χ1n) is 3.01. The molecule has 0 aromatic heterocycles. The van der Waals surface area contributed by atoms with Crippen LogP contribution in [0.25, 0.3) is 0 Å². The van der Waals surface area contributed by atoms with Crippen molar-refractivity contribution in [2.24, 2.45) is 0 Å². The summed E-state index contributed by atoms with van der Waals surface area (Å²) >= 11 is 16.4. The highest BCUT2D eigenvalue weighted by Gasteiger charge is 2.44. The summed E-state index contributed by atoms with van der Waals surface area (Å²) in [4.78, 5) is 10.7. The molecule has 0 unspecified atom stereocenters. The van der Waals surface area contributed by atoms with Crippen LogP contribution in [-0.2, 0) is 9.53 Å². The average molecular weight is 231 g/mol. The van der Waals surface area contributed by atoms with Crippen molar-refractivity contribution in [3.8, 4) is 0 Å². The van der Waals surface area contributed by atoms with Crippen LogP contribution < -0.4 is 0 Å². The fourth-order valence-electron chi connectivity index (χ4n) is 0.849. The smallest absolute Gasteiger partial charge is 0.374 e. The van der Waals surface area contributed by atoms with E-state index in [1.165, 1.54) is 6.92 Å². The first-order valence-corrected chi connectivity index (χ1v) is 4.15. The number of aliphatic hydroxyl groups is 1. The highest BCUT2D eigenvalue weighted by Crippen LogP contribution is 2.39. The van der Waals surface area contributed by atoms with Crippen molar-refractivity contribution in [2.45, 2.75) is 16.8 Å². The molecule has 1 aliphatic heterocycles. The van der Waals surface area contributed by atoms with E-state index in [2.05, 4.69) is 4.74 Å². The third-order valence-electron chi connectivity index (χ3n) is 1.48. The summed E-state index contributed by atoms with van der Waals surface area (Å²) in [5.41, 5.74) is 0.236. The first kappa shape index (κ1) is 9.96. The molecule has 0 saturated heterocycles. The second kappa shape index (κ2) is 2.98. The standard InChI is InChI=1S/C6H5Cl3O3/c1-2-3(10)5(11)12-4(2)6(7,8)9/h4,10H,1H3/t4-/m1/s1. The van der Waals surface area contributed by atoms with Gasteiger partial charge >= 0.3 is 5.97 Å². The van der Waals surface area contributed by atoms with Crippen LogP contribution in [0.2, 0.25) is 0 Å². The Morgan fingerprint density at radius 3 is 2.17 bits per heavy atom. The summed E-state index contributed by atoms with van der Waals surface area (Å²) in [5, 5.41) is 9.03. The number of rotatable bonds is 0. The third kappa shape index (κ3) is 1.63. The Morgan fingerprint density at radius 2 is 2.00 bits per heavy atom. The zero-order valence-electron chi connectivity index (χ0n) is 5.97. The molecule has 0 aliphatic carbocycles. The number of esters is 1. The molecule has 0 saturated carbocycles. The predicted octanol–water partition coefficient (Wildman–Crippen LogP) is 2.11. The topological polar surface area (TPSA) is 46.5 Å². The van der Waals surface area contributed by atoms with E-state index < -0.39 is 21.6 Å². The van der Waals surface area contributed by atoms with Crippen LogP contribution in [0.5, 0.6) is 0 Å². The van der Waals surface area contributed by atoms with Crippen LogP contribution in [0.1, 0.15) is 6.92 Å². The van der Waals surface area contributed by atoms with Crippen molar-refractivity contribution in [1.29, 1.82) is 0 Å². The molecule has 0 amide bonds. The quantitative estimate of drug-likeness (QED) is 0.513. The molecular weight excluding hydrogens is 226 g/mol. The van der Waals surface area contributed by atoms with Gasteiger partial charge in [-0.1, -0.05) is 34.8 Å². The lowest BCUT2D eigenvalue weighted by atomic mass is 10.2. The van der Waals surface area contributed by atoms with Crippen LogP contribution in [-0.4, -0.2) is 21.0 Å². The van der Waals surface area contributed by atoms with Gasteiger partial charge in [0.15, 0.2) is 6.10 Å². The Labute approximate surface area is 83.8 Å². The lowest BCUT2D eigenvalue weighted by Gasteiger charge is -2.18. The monoisotopic (exact) mass is 230 g/mol. The van der Waals surface area contributed by atoms with Crippen molar-refractivity contribution in [2.75, 3.05) is 0 Å². The minimum atomic E-state index is -1.73. The molecule has 1 heterocycles. The van der Waals surface area contributed by atoms with Crippen LogP contribution in [0.3, 0.4) is 0 Å². The number of halogens is 3. The largest absolute Gasteiger partial charge is 0.502 e. The van der Waals surface area contributed by atoms with Gasteiger partial charge in [0, 0.05) is 5.57 Å². The van der Waals surface area contributed by atoms with Gasteiger partial charge in [-0.2, -0.15) is 0 Å². The van der Waals surface area contributed by atoms with E-state index in [1.807, 2.05) is 0 Å². The van der Waals surface area contributed by atoms with Gasteiger partial charge in [-0.3, -0.25) is 0 Å². The Kier molecular flexibility index (Phi) is 2.47. The summed E-state index contributed by atoms with van der Waals surface area (Å²) in [6.45, 7) is 1.47. The molecule has 1 N–H and O–H groups in total. The second-order valence-electron chi connectivity index (χ2n) is 2.36. The molecule has 0 spiro atoms. The van der Waals surface area contributed by atoms with Crippen molar-refractivity contribution in [3.63, 3.8) is 0 Å². The fraction of sp³-hybridized carbons (Fsp3) is 0.500. The molecule has 0 radical (unpaired) electrons. The van der Waals surface area contributed by atoms with Gasteiger partial charge in [0.1, 0.15) is 0 Å². The minimum Gasteiger partial charge on any atom is -0.502 e. The van der Waals surface area contributed by atoms with Gasteiger partial charge in [0.2, 0.25) is 9.55 Å². The zero-order valence-corrected chi connectivity index (χ0v) is 8.24. The van der Waals surface area contributed by atoms with Crippen LogP contribution in [0.4, 0.5) is 0 Å². The lowest BCUT2D eigenvalue weighted by Crippen LogP contribution is -2.27. The third-order valence-corrected chi connectivity index (χ3v) is 2.08. The SMILES string of the molecule is CC1=C(O)C(=O)O[C@H]1C(Cl)(Cl)Cl. The lowest BCUT2D eigenvalue weighted by molar-refractivity contribution is -0.141. The van der Waals surface area contributed by atoms with Gasteiger partial charge in [0.05, 0.1) is 0 Å². The van der Waals surface area contributed by atoms with Crippen LogP contribution >= 0.6 is 34.8 Å².